The summed E-state index contributed by atoms with van der Waals surface area (Å²) in [4.78, 5) is 40.2. The van der Waals surface area contributed by atoms with Crippen LogP contribution in [-0.4, -0.2) is 65.3 Å². The van der Waals surface area contributed by atoms with E-state index in [9.17, 15) is 19.5 Å². The molecular formula is C21H31N3O6. The summed E-state index contributed by atoms with van der Waals surface area (Å²) in [7, 11) is 2.97. The molecule has 1 aliphatic rings. The van der Waals surface area contributed by atoms with Crippen LogP contribution in [0.1, 0.15) is 47.1 Å². The molecule has 2 rings (SSSR count). The van der Waals surface area contributed by atoms with E-state index in [4.69, 9.17) is 9.47 Å². The van der Waals surface area contributed by atoms with Crippen LogP contribution in [0.2, 0.25) is 0 Å². The predicted octanol–water partition coefficient (Wildman–Crippen LogP) is 3.31. The lowest BCUT2D eigenvalue weighted by atomic mass is 9.85. The van der Waals surface area contributed by atoms with Crippen molar-refractivity contribution in [3.05, 3.63) is 17.7 Å². The molecule has 0 radical (unpaired) electrons. The summed E-state index contributed by atoms with van der Waals surface area (Å²) in [6, 6.07) is 0.556. The number of carbonyl (C=O) groups excluding carboxylic acids is 3. The average molecular weight is 421 g/mol. The molecule has 2 N–H and O–H groups in total. The highest BCUT2D eigenvalue weighted by Gasteiger charge is 2.45. The monoisotopic (exact) mass is 421 g/mol. The molecule has 1 aromatic carbocycles. The van der Waals surface area contributed by atoms with E-state index in [0.29, 0.717) is 11.3 Å². The Morgan fingerprint density at radius 2 is 1.77 bits per heavy atom. The molecule has 0 bridgehead atoms. The Balaban J connectivity index is 2.37. The van der Waals surface area contributed by atoms with Gasteiger partial charge in [0.1, 0.15) is 17.1 Å². The smallest absolute Gasteiger partial charge is 0.331 e. The first-order valence-corrected chi connectivity index (χ1v) is 9.65. The first kappa shape index (κ1) is 23.3. The van der Waals surface area contributed by atoms with Crippen molar-refractivity contribution in [2.75, 3.05) is 26.0 Å². The van der Waals surface area contributed by atoms with Crippen LogP contribution < -0.4 is 10.1 Å². The van der Waals surface area contributed by atoms with Crippen molar-refractivity contribution >= 4 is 23.7 Å². The number of urea groups is 2. The van der Waals surface area contributed by atoms with Crippen molar-refractivity contribution in [1.29, 1.82) is 0 Å². The van der Waals surface area contributed by atoms with Crippen LogP contribution in [0.5, 0.6) is 11.5 Å². The van der Waals surface area contributed by atoms with E-state index in [2.05, 4.69) is 5.32 Å². The van der Waals surface area contributed by atoms with Gasteiger partial charge in [-0.3, -0.25) is 0 Å². The van der Waals surface area contributed by atoms with E-state index in [-0.39, 0.29) is 18.0 Å². The zero-order chi connectivity index (χ0) is 23.0. The van der Waals surface area contributed by atoms with Gasteiger partial charge in [-0.25, -0.2) is 19.3 Å². The number of rotatable bonds is 3. The number of likely N-dealkylation sites (N-methyl/N-ethyl adjacent to an activating group) is 1. The molecule has 0 aliphatic carbocycles. The number of benzene rings is 1. The zero-order valence-electron chi connectivity index (χ0n) is 18.8. The molecule has 0 aromatic heterocycles. The maximum atomic E-state index is 13.0. The molecule has 166 valence electrons. The van der Waals surface area contributed by atoms with Crippen molar-refractivity contribution < 1.29 is 29.0 Å². The van der Waals surface area contributed by atoms with Gasteiger partial charge in [0.25, 0.3) is 0 Å². The maximum Gasteiger partial charge on any atom is 0.331 e. The third-order valence-electron chi connectivity index (χ3n) is 4.56. The fourth-order valence-electron chi connectivity index (χ4n) is 3.08. The van der Waals surface area contributed by atoms with E-state index in [1.165, 1.54) is 25.1 Å². The summed E-state index contributed by atoms with van der Waals surface area (Å²) in [5, 5.41) is 13.2. The topological polar surface area (TPSA) is 108 Å². The van der Waals surface area contributed by atoms with Gasteiger partial charge in [-0.1, -0.05) is 20.8 Å². The Morgan fingerprint density at radius 3 is 2.27 bits per heavy atom. The van der Waals surface area contributed by atoms with Crippen LogP contribution in [0, 0.1) is 0 Å². The highest BCUT2D eigenvalue weighted by Crippen LogP contribution is 2.40. The minimum absolute atomic E-state index is 0.0124. The number of ether oxygens (including phenoxy) is 2. The molecule has 1 saturated heterocycles. The van der Waals surface area contributed by atoms with E-state index in [0.717, 1.165) is 4.90 Å². The molecule has 30 heavy (non-hydrogen) atoms. The number of hydrogen-bond donors (Lipinski definition) is 2. The Labute approximate surface area is 176 Å². The third-order valence-corrected chi connectivity index (χ3v) is 4.56. The highest BCUT2D eigenvalue weighted by atomic mass is 16.6. The molecule has 1 aromatic rings. The predicted molar refractivity (Wildman–Crippen MR) is 112 cm³/mol. The van der Waals surface area contributed by atoms with Gasteiger partial charge in [-0.2, -0.15) is 0 Å². The molecule has 9 heteroatoms. The number of methoxy groups -OCH3 is 1. The van der Waals surface area contributed by atoms with Crippen LogP contribution in [0.4, 0.5) is 15.3 Å². The van der Waals surface area contributed by atoms with Crippen molar-refractivity contribution in [2.24, 2.45) is 0 Å². The van der Waals surface area contributed by atoms with Crippen molar-refractivity contribution in [1.82, 2.24) is 9.80 Å². The number of aromatic hydroxyl groups is 1. The summed E-state index contributed by atoms with van der Waals surface area (Å²) in [6.07, 6.45) is 0. The number of amides is 4. The first-order chi connectivity index (χ1) is 13.7. The molecule has 0 unspecified atom stereocenters. The molecule has 9 nitrogen and oxygen atoms in total. The van der Waals surface area contributed by atoms with Crippen molar-refractivity contribution in [3.63, 3.8) is 0 Å². The van der Waals surface area contributed by atoms with Crippen LogP contribution >= 0.6 is 0 Å². The number of hydrogen-bond acceptors (Lipinski definition) is 6. The van der Waals surface area contributed by atoms with Crippen LogP contribution in [0.15, 0.2) is 12.1 Å². The number of phenolic OH excluding ortho intramolecular Hbond substituents is 1. The summed E-state index contributed by atoms with van der Waals surface area (Å²) >= 11 is 0. The quantitative estimate of drug-likeness (QED) is 0.573. The largest absolute Gasteiger partial charge is 0.505 e. The molecule has 1 fully saturated rings. The van der Waals surface area contributed by atoms with Crippen molar-refractivity contribution in [2.45, 2.75) is 58.6 Å². The van der Waals surface area contributed by atoms with Gasteiger partial charge in [0.05, 0.1) is 19.3 Å². The number of phenols is 1. The van der Waals surface area contributed by atoms with Crippen LogP contribution in [0.3, 0.4) is 0 Å². The lowest BCUT2D eigenvalue weighted by Gasteiger charge is -2.26. The Kier molecular flexibility index (Phi) is 6.25. The minimum atomic E-state index is -1.10. The van der Waals surface area contributed by atoms with E-state index < -0.39 is 35.1 Å². The van der Waals surface area contributed by atoms with Crippen LogP contribution in [-0.2, 0) is 14.9 Å². The van der Waals surface area contributed by atoms with Crippen LogP contribution in [0.25, 0.3) is 0 Å². The lowest BCUT2D eigenvalue weighted by Crippen LogP contribution is -2.48. The number of esters is 1. The summed E-state index contributed by atoms with van der Waals surface area (Å²) in [5.41, 5.74) is -0.558. The Morgan fingerprint density at radius 1 is 1.17 bits per heavy atom. The fraction of sp³-hybridized carbons (Fsp3) is 0.571. The molecular weight excluding hydrogens is 390 g/mol. The normalized spacial score (nSPS) is 17.2. The SMILES string of the molecule is COc1cc(NC(=O)N2C(=O)N(C)C[C@H]2C(=O)OC(C)(C)C)c(O)c(C(C)(C)C)c1. The van der Waals surface area contributed by atoms with E-state index in [1.807, 2.05) is 20.8 Å². The third kappa shape index (κ3) is 4.95. The molecule has 0 saturated carbocycles. The standard InChI is InChI=1S/C21H31N3O6/c1-20(2,3)13-9-12(29-8)10-14(16(13)25)22-18(27)24-15(11-23(7)19(24)28)17(26)30-21(4,5)6/h9-10,15,25H,11H2,1-8H3,(H,22,27)/t15-/m0/s1. The average Bonchev–Trinajstić information content (AvgIpc) is 2.89. The maximum absolute atomic E-state index is 13.0. The number of carbonyl (C=O) groups is 3. The molecule has 4 amide bonds. The molecule has 1 heterocycles. The van der Waals surface area contributed by atoms with Gasteiger partial charge < -0.3 is 24.8 Å². The zero-order valence-corrected chi connectivity index (χ0v) is 18.8. The Bertz CT molecular complexity index is 854. The Hall–Kier alpha value is -2.97. The second-order valence-corrected chi connectivity index (χ2v) is 9.33. The fourth-order valence-corrected chi connectivity index (χ4v) is 3.08. The highest BCUT2D eigenvalue weighted by molar-refractivity contribution is 6.06. The summed E-state index contributed by atoms with van der Waals surface area (Å²) in [6.45, 7) is 10.9. The number of nitrogens with one attached hydrogen (secondary N) is 1. The minimum Gasteiger partial charge on any atom is -0.505 e. The van der Waals surface area contributed by atoms with Gasteiger partial charge in [-0.05, 0) is 32.3 Å². The van der Waals surface area contributed by atoms with Gasteiger partial charge in [-0.15, -0.1) is 0 Å². The van der Waals surface area contributed by atoms with Gasteiger partial charge in [0.2, 0.25) is 0 Å². The number of nitrogens with zero attached hydrogens (tertiary/aromatic N) is 2. The molecule has 1 aliphatic heterocycles. The second kappa shape index (κ2) is 8.04. The second-order valence-electron chi connectivity index (χ2n) is 9.33. The van der Waals surface area contributed by atoms with E-state index >= 15 is 0 Å². The number of anilines is 1. The van der Waals surface area contributed by atoms with Gasteiger partial charge in [0.15, 0.2) is 6.04 Å². The summed E-state index contributed by atoms with van der Waals surface area (Å²) in [5.74, 6) is -0.382. The van der Waals surface area contributed by atoms with Gasteiger partial charge >= 0.3 is 18.0 Å². The lowest BCUT2D eigenvalue weighted by molar-refractivity contribution is -0.158. The van der Waals surface area contributed by atoms with Crippen molar-refractivity contribution in [3.8, 4) is 11.5 Å². The molecule has 0 spiro atoms. The first-order valence-electron chi connectivity index (χ1n) is 9.65. The van der Waals surface area contributed by atoms with E-state index in [1.54, 1.807) is 26.8 Å². The summed E-state index contributed by atoms with van der Waals surface area (Å²) < 4.78 is 10.6. The molecule has 1 atom stereocenters. The number of imide groups is 1. The van der Waals surface area contributed by atoms with Gasteiger partial charge in [0, 0.05) is 18.7 Å².